The molecule has 1 aromatic heterocycles. The molecule has 182 valence electrons. The number of alkyl halides is 2. The van der Waals surface area contributed by atoms with Gasteiger partial charge in [-0.15, -0.1) is 0 Å². The van der Waals surface area contributed by atoms with Crippen LogP contribution in [0.15, 0.2) is 30.5 Å². The molecule has 1 amide bonds. The number of carbonyl (C=O) groups is 1. The van der Waals surface area contributed by atoms with E-state index >= 15 is 0 Å². The first kappa shape index (κ1) is 24.4. The number of hydrogen-bond acceptors (Lipinski definition) is 3. The van der Waals surface area contributed by atoms with Crippen LogP contribution in [0.25, 0.3) is 0 Å². The molecule has 4 atom stereocenters. The van der Waals surface area contributed by atoms with Gasteiger partial charge in [-0.2, -0.15) is 8.78 Å². The first-order valence-electron chi connectivity index (χ1n) is 11.8. The number of carbonyl (C=O) groups excluding carboxylic acids is 1. The molecule has 2 fully saturated rings. The number of hydrogen-bond donors (Lipinski definition) is 1. The summed E-state index contributed by atoms with van der Waals surface area (Å²) in [5.74, 6) is 0.538. The van der Waals surface area contributed by atoms with Crippen LogP contribution in [0.4, 0.5) is 8.78 Å². The normalized spacial score (nSPS) is 26.4. The Labute approximate surface area is 211 Å². The third-order valence-electron chi connectivity index (χ3n) is 7.85. The molecule has 0 bridgehead atoms. The molecule has 2 saturated carbocycles. The number of pyridine rings is 1. The predicted molar refractivity (Wildman–Crippen MR) is 133 cm³/mol. The molecule has 3 aliphatic rings. The molecule has 1 N–H and O–H groups in total. The van der Waals surface area contributed by atoms with Gasteiger partial charge in [0.25, 0.3) is 5.66 Å². The largest absolute Gasteiger partial charge is 0.337 e. The number of benzene rings is 1. The molecule has 1 aromatic carbocycles. The van der Waals surface area contributed by atoms with E-state index in [2.05, 4.69) is 10.3 Å². The average Bonchev–Trinajstić information content (AvgIpc) is 3.36. The van der Waals surface area contributed by atoms with E-state index in [1.54, 1.807) is 15.3 Å². The van der Waals surface area contributed by atoms with Gasteiger partial charge < -0.3 is 10.2 Å². The van der Waals surface area contributed by atoms with E-state index in [1.165, 1.54) is 12.3 Å². The van der Waals surface area contributed by atoms with Crippen LogP contribution in [0, 0.1) is 11.3 Å². The van der Waals surface area contributed by atoms with Crippen molar-refractivity contribution in [2.45, 2.75) is 63.3 Å². The summed E-state index contributed by atoms with van der Waals surface area (Å²) in [6, 6.07) is 7.40. The summed E-state index contributed by atoms with van der Waals surface area (Å²) in [7, 11) is 1.57. The van der Waals surface area contributed by atoms with Crippen molar-refractivity contribution in [2.24, 2.45) is 11.3 Å². The Morgan fingerprint density at radius 2 is 2.12 bits per heavy atom. The summed E-state index contributed by atoms with van der Waals surface area (Å²) in [6.07, 6.45) is 6.65. The standard InChI is InChI=1S/C25H28Cl2F2N3OP/c26-20-4-3-15(8-21(20)27)12-30-19-10-17-2-1-6-24(17,11-19)23(33)32-7-5-22-16(14-32)9-18(13-31-22)25(28,29)34/h3-4,8-9,13,17,19,30H,1-2,5-7,10-12,14,34H2. The number of nitrogens with one attached hydrogen (secondary N) is 1. The van der Waals surface area contributed by atoms with Crippen molar-refractivity contribution in [2.75, 3.05) is 6.54 Å². The molecule has 2 aliphatic carbocycles. The fourth-order valence-electron chi connectivity index (χ4n) is 6.16. The Balaban J connectivity index is 1.29. The zero-order chi connectivity index (χ0) is 24.1. The minimum Gasteiger partial charge on any atom is -0.337 e. The van der Waals surface area contributed by atoms with Gasteiger partial charge in [-0.25, -0.2) is 0 Å². The molecule has 1 aliphatic heterocycles. The number of fused-ring (bicyclic) bond motifs is 2. The van der Waals surface area contributed by atoms with Crippen LogP contribution in [-0.4, -0.2) is 28.4 Å². The topological polar surface area (TPSA) is 45.2 Å². The summed E-state index contributed by atoms with van der Waals surface area (Å²) < 4.78 is 27.6. The molecule has 4 nitrogen and oxygen atoms in total. The number of nitrogens with zero attached hydrogens (tertiary/aromatic N) is 2. The van der Waals surface area contributed by atoms with Gasteiger partial charge in [-0.1, -0.05) is 44.9 Å². The van der Waals surface area contributed by atoms with E-state index in [0.717, 1.165) is 48.9 Å². The second kappa shape index (κ2) is 9.28. The molecule has 34 heavy (non-hydrogen) atoms. The Bertz CT molecular complexity index is 1110. The van der Waals surface area contributed by atoms with Crippen molar-refractivity contribution in [3.63, 3.8) is 0 Å². The van der Waals surface area contributed by atoms with Gasteiger partial charge in [0, 0.05) is 49.6 Å². The SMILES string of the molecule is O=C(N1CCc2ncc(C(F)(F)P)cc2C1)C12CCCC1CC(NCc1ccc(Cl)c(Cl)c1)C2. The summed E-state index contributed by atoms with van der Waals surface area (Å²) in [5, 5.41) is 4.71. The van der Waals surface area contributed by atoms with E-state index in [9.17, 15) is 13.6 Å². The second-order valence-corrected chi connectivity index (χ2v) is 11.5. The quantitative estimate of drug-likeness (QED) is 0.491. The van der Waals surface area contributed by atoms with Crippen LogP contribution in [0.2, 0.25) is 10.0 Å². The van der Waals surface area contributed by atoms with Gasteiger partial charge in [0.1, 0.15) is 0 Å². The molecule has 0 radical (unpaired) electrons. The maximum atomic E-state index is 13.9. The van der Waals surface area contributed by atoms with Crippen LogP contribution >= 0.6 is 32.4 Å². The highest BCUT2D eigenvalue weighted by atomic mass is 35.5. The smallest absolute Gasteiger partial charge is 0.285 e. The highest BCUT2D eigenvalue weighted by Gasteiger charge is 2.56. The summed E-state index contributed by atoms with van der Waals surface area (Å²) in [6.45, 7) is 1.62. The highest BCUT2D eigenvalue weighted by molar-refractivity contribution is 7.17. The minimum atomic E-state index is -3.03. The minimum absolute atomic E-state index is 0.130. The molecule has 2 heterocycles. The average molecular weight is 526 g/mol. The van der Waals surface area contributed by atoms with E-state index in [-0.39, 0.29) is 22.9 Å². The van der Waals surface area contributed by atoms with Crippen LogP contribution in [0.5, 0.6) is 0 Å². The highest BCUT2D eigenvalue weighted by Crippen LogP contribution is 2.55. The fraction of sp³-hybridized carbons (Fsp3) is 0.520. The van der Waals surface area contributed by atoms with E-state index in [0.29, 0.717) is 42.0 Å². The lowest BCUT2D eigenvalue weighted by Gasteiger charge is -2.37. The fourth-order valence-corrected chi connectivity index (χ4v) is 6.63. The van der Waals surface area contributed by atoms with E-state index < -0.39 is 5.66 Å². The van der Waals surface area contributed by atoms with E-state index in [1.807, 2.05) is 17.0 Å². The Hall–Kier alpha value is -1.33. The third-order valence-corrected chi connectivity index (χ3v) is 8.93. The number of rotatable bonds is 5. The summed E-state index contributed by atoms with van der Waals surface area (Å²) in [5.41, 5.74) is -0.902. The Morgan fingerprint density at radius 3 is 2.88 bits per heavy atom. The van der Waals surface area contributed by atoms with Crippen LogP contribution in [0.1, 0.15) is 54.5 Å². The van der Waals surface area contributed by atoms with Gasteiger partial charge in [0.05, 0.1) is 15.5 Å². The lowest BCUT2D eigenvalue weighted by atomic mass is 9.78. The zero-order valence-electron chi connectivity index (χ0n) is 18.8. The molecule has 2 aromatic rings. The lowest BCUT2D eigenvalue weighted by Crippen LogP contribution is -2.46. The van der Waals surface area contributed by atoms with Crippen LogP contribution in [0.3, 0.4) is 0 Å². The summed E-state index contributed by atoms with van der Waals surface area (Å²) in [4.78, 5) is 20.0. The van der Waals surface area contributed by atoms with Crippen molar-refractivity contribution < 1.29 is 13.6 Å². The lowest BCUT2D eigenvalue weighted by molar-refractivity contribution is -0.144. The van der Waals surface area contributed by atoms with Gasteiger partial charge in [-0.3, -0.25) is 9.78 Å². The van der Waals surface area contributed by atoms with Gasteiger partial charge >= 0.3 is 0 Å². The van der Waals surface area contributed by atoms with Crippen LogP contribution in [-0.2, 0) is 30.0 Å². The van der Waals surface area contributed by atoms with Crippen molar-refractivity contribution in [1.82, 2.24) is 15.2 Å². The molecule has 4 unspecified atom stereocenters. The molecule has 5 rings (SSSR count). The molecule has 9 heteroatoms. The first-order valence-corrected chi connectivity index (χ1v) is 13.1. The van der Waals surface area contributed by atoms with E-state index in [4.69, 9.17) is 23.2 Å². The Morgan fingerprint density at radius 1 is 1.29 bits per heavy atom. The molecular formula is C25H28Cl2F2N3OP. The second-order valence-electron chi connectivity index (χ2n) is 9.94. The predicted octanol–water partition coefficient (Wildman–Crippen LogP) is 5.94. The number of aromatic nitrogens is 1. The van der Waals surface area contributed by atoms with Crippen molar-refractivity contribution >= 4 is 38.3 Å². The molecule has 0 saturated heterocycles. The van der Waals surface area contributed by atoms with Gasteiger partial charge in [-0.05, 0) is 60.9 Å². The first-order chi connectivity index (χ1) is 16.2. The van der Waals surface area contributed by atoms with Gasteiger partial charge in [0.15, 0.2) is 0 Å². The Kier molecular flexibility index (Phi) is 6.65. The summed E-state index contributed by atoms with van der Waals surface area (Å²) >= 11 is 12.2. The van der Waals surface area contributed by atoms with Crippen molar-refractivity contribution in [3.8, 4) is 0 Å². The van der Waals surface area contributed by atoms with Gasteiger partial charge in [0.2, 0.25) is 5.91 Å². The number of amides is 1. The maximum absolute atomic E-state index is 13.9. The maximum Gasteiger partial charge on any atom is 0.285 e. The molecular weight excluding hydrogens is 498 g/mol. The van der Waals surface area contributed by atoms with Crippen molar-refractivity contribution in [3.05, 3.63) is 62.9 Å². The van der Waals surface area contributed by atoms with Crippen molar-refractivity contribution in [1.29, 1.82) is 0 Å². The van der Waals surface area contributed by atoms with Crippen LogP contribution < -0.4 is 5.32 Å². The molecule has 0 spiro atoms. The third kappa shape index (κ3) is 4.59. The zero-order valence-corrected chi connectivity index (χ0v) is 21.5. The number of halogens is 4. The monoisotopic (exact) mass is 525 g/mol.